The highest BCUT2D eigenvalue weighted by molar-refractivity contribution is 9.10. The SMILES string of the molecule is CC1(CN)CCN(C(=O)c2cc(Br)ccc2O)C1. The third-order valence-corrected chi connectivity index (χ3v) is 4.02. The van der Waals surface area contributed by atoms with Crippen LogP contribution in [-0.4, -0.2) is 35.5 Å². The monoisotopic (exact) mass is 312 g/mol. The molecule has 1 aliphatic heterocycles. The number of benzene rings is 1. The molecule has 1 aliphatic rings. The number of likely N-dealkylation sites (tertiary alicyclic amines) is 1. The summed E-state index contributed by atoms with van der Waals surface area (Å²) in [6, 6.07) is 4.88. The van der Waals surface area contributed by atoms with Crippen LogP contribution in [0.25, 0.3) is 0 Å². The first-order valence-electron chi connectivity index (χ1n) is 5.93. The molecule has 1 unspecified atom stereocenters. The Bertz CT molecular complexity index is 478. The fourth-order valence-electron chi connectivity index (χ4n) is 2.21. The fourth-order valence-corrected chi connectivity index (χ4v) is 2.57. The topological polar surface area (TPSA) is 66.6 Å². The molecule has 18 heavy (non-hydrogen) atoms. The van der Waals surface area contributed by atoms with Crippen molar-refractivity contribution < 1.29 is 9.90 Å². The number of phenols is 1. The molecule has 5 heteroatoms. The number of phenolic OH excluding ortho intramolecular Hbond substituents is 1. The summed E-state index contributed by atoms with van der Waals surface area (Å²) >= 11 is 3.31. The second-order valence-corrected chi connectivity index (χ2v) is 6.07. The molecule has 1 saturated heterocycles. The average Bonchev–Trinajstić information content (AvgIpc) is 2.75. The number of hydrogen-bond donors (Lipinski definition) is 2. The second kappa shape index (κ2) is 4.90. The summed E-state index contributed by atoms with van der Waals surface area (Å²) in [5, 5.41) is 9.76. The van der Waals surface area contributed by atoms with Gasteiger partial charge in [-0.3, -0.25) is 4.79 Å². The van der Waals surface area contributed by atoms with Crippen molar-refractivity contribution in [3.63, 3.8) is 0 Å². The molecule has 1 heterocycles. The molecule has 0 bridgehead atoms. The zero-order valence-corrected chi connectivity index (χ0v) is 11.9. The van der Waals surface area contributed by atoms with E-state index in [-0.39, 0.29) is 17.1 Å². The second-order valence-electron chi connectivity index (χ2n) is 5.15. The minimum absolute atomic E-state index is 0.00269. The quantitative estimate of drug-likeness (QED) is 0.877. The zero-order chi connectivity index (χ0) is 13.3. The standard InChI is InChI=1S/C13H17BrN2O2/c1-13(7-15)4-5-16(8-13)12(18)10-6-9(14)2-3-11(10)17/h2-3,6,17H,4-5,7-8,15H2,1H3. The Morgan fingerprint density at radius 1 is 1.61 bits per heavy atom. The maximum atomic E-state index is 12.3. The van der Waals surface area contributed by atoms with Crippen molar-refractivity contribution >= 4 is 21.8 Å². The molecular weight excluding hydrogens is 296 g/mol. The van der Waals surface area contributed by atoms with E-state index in [0.29, 0.717) is 25.2 Å². The molecule has 1 fully saturated rings. The van der Waals surface area contributed by atoms with Gasteiger partial charge in [-0.1, -0.05) is 22.9 Å². The number of carbonyl (C=O) groups is 1. The molecule has 2 rings (SSSR count). The summed E-state index contributed by atoms with van der Waals surface area (Å²) in [5.41, 5.74) is 6.06. The lowest BCUT2D eigenvalue weighted by Crippen LogP contribution is -2.34. The van der Waals surface area contributed by atoms with E-state index in [1.807, 2.05) is 0 Å². The van der Waals surface area contributed by atoms with Gasteiger partial charge >= 0.3 is 0 Å². The van der Waals surface area contributed by atoms with Crippen molar-refractivity contribution in [3.8, 4) is 5.75 Å². The highest BCUT2D eigenvalue weighted by atomic mass is 79.9. The third kappa shape index (κ3) is 2.52. The van der Waals surface area contributed by atoms with Gasteiger partial charge < -0.3 is 15.7 Å². The van der Waals surface area contributed by atoms with Crippen LogP contribution in [0.2, 0.25) is 0 Å². The Morgan fingerprint density at radius 2 is 2.33 bits per heavy atom. The Balaban J connectivity index is 2.20. The Kier molecular flexibility index (Phi) is 3.64. The first-order valence-corrected chi connectivity index (χ1v) is 6.72. The van der Waals surface area contributed by atoms with Crippen LogP contribution < -0.4 is 5.73 Å². The van der Waals surface area contributed by atoms with Crippen molar-refractivity contribution in [2.45, 2.75) is 13.3 Å². The molecule has 98 valence electrons. The normalized spacial score (nSPS) is 23.4. The van der Waals surface area contributed by atoms with Crippen LogP contribution in [0.15, 0.2) is 22.7 Å². The van der Waals surface area contributed by atoms with Crippen LogP contribution in [0.3, 0.4) is 0 Å². The number of halogens is 1. The van der Waals surface area contributed by atoms with Gasteiger partial charge in [0.05, 0.1) is 5.56 Å². The van der Waals surface area contributed by atoms with Gasteiger partial charge in [-0.2, -0.15) is 0 Å². The van der Waals surface area contributed by atoms with E-state index in [1.165, 1.54) is 6.07 Å². The molecule has 0 spiro atoms. The minimum atomic E-state index is -0.133. The molecule has 0 aromatic heterocycles. The molecule has 1 amide bonds. The van der Waals surface area contributed by atoms with Crippen LogP contribution in [0.4, 0.5) is 0 Å². The largest absolute Gasteiger partial charge is 0.507 e. The number of aromatic hydroxyl groups is 1. The van der Waals surface area contributed by atoms with E-state index in [1.54, 1.807) is 17.0 Å². The maximum Gasteiger partial charge on any atom is 0.257 e. The lowest BCUT2D eigenvalue weighted by atomic mass is 9.90. The fraction of sp³-hybridized carbons (Fsp3) is 0.462. The summed E-state index contributed by atoms with van der Waals surface area (Å²) in [6.45, 7) is 4.00. The van der Waals surface area contributed by atoms with Gasteiger partial charge in [-0.25, -0.2) is 0 Å². The van der Waals surface area contributed by atoms with Gasteiger partial charge in [-0.15, -0.1) is 0 Å². The highest BCUT2D eigenvalue weighted by Crippen LogP contribution is 2.31. The van der Waals surface area contributed by atoms with Crippen LogP contribution in [-0.2, 0) is 0 Å². The summed E-state index contributed by atoms with van der Waals surface area (Å²) in [7, 11) is 0. The molecule has 1 aromatic rings. The van der Waals surface area contributed by atoms with Gasteiger partial charge in [0.1, 0.15) is 5.75 Å². The van der Waals surface area contributed by atoms with Gasteiger partial charge in [0.2, 0.25) is 0 Å². The maximum absolute atomic E-state index is 12.3. The van der Waals surface area contributed by atoms with Crippen LogP contribution in [0.1, 0.15) is 23.7 Å². The van der Waals surface area contributed by atoms with Crippen molar-refractivity contribution in [2.24, 2.45) is 11.1 Å². The first-order chi connectivity index (χ1) is 8.45. The smallest absolute Gasteiger partial charge is 0.257 e. The average molecular weight is 313 g/mol. The Labute approximate surface area is 115 Å². The number of rotatable bonds is 2. The lowest BCUT2D eigenvalue weighted by Gasteiger charge is -2.22. The van der Waals surface area contributed by atoms with E-state index in [9.17, 15) is 9.90 Å². The minimum Gasteiger partial charge on any atom is -0.507 e. The Morgan fingerprint density at radius 3 is 2.94 bits per heavy atom. The summed E-state index contributed by atoms with van der Waals surface area (Å²) in [6.07, 6.45) is 0.907. The predicted molar refractivity (Wildman–Crippen MR) is 73.5 cm³/mol. The number of nitrogens with zero attached hydrogens (tertiary/aromatic N) is 1. The molecular formula is C13H17BrN2O2. The summed E-state index contributed by atoms with van der Waals surface area (Å²) in [5.74, 6) is -0.115. The molecule has 1 aromatic carbocycles. The zero-order valence-electron chi connectivity index (χ0n) is 10.3. The van der Waals surface area contributed by atoms with Crippen molar-refractivity contribution in [3.05, 3.63) is 28.2 Å². The van der Waals surface area contributed by atoms with E-state index in [0.717, 1.165) is 10.9 Å². The van der Waals surface area contributed by atoms with Gasteiger partial charge in [-0.05, 0) is 36.6 Å². The van der Waals surface area contributed by atoms with Crippen molar-refractivity contribution in [1.29, 1.82) is 0 Å². The number of hydrogen-bond acceptors (Lipinski definition) is 3. The number of carbonyl (C=O) groups excluding carboxylic acids is 1. The summed E-state index contributed by atoms with van der Waals surface area (Å²) in [4.78, 5) is 14.1. The molecule has 4 nitrogen and oxygen atoms in total. The van der Waals surface area contributed by atoms with Gasteiger partial charge in [0.25, 0.3) is 5.91 Å². The first kappa shape index (κ1) is 13.4. The number of amides is 1. The molecule has 0 aliphatic carbocycles. The van der Waals surface area contributed by atoms with Crippen molar-refractivity contribution in [1.82, 2.24) is 4.90 Å². The van der Waals surface area contributed by atoms with Crippen LogP contribution >= 0.6 is 15.9 Å². The summed E-state index contributed by atoms with van der Waals surface area (Å²) < 4.78 is 0.782. The van der Waals surface area contributed by atoms with E-state index in [2.05, 4.69) is 22.9 Å². The van der Waals surface area contributed by atoms with E-state index >= 15 is 0 Å². The lowest BCUT2D eigenvalue weighted by molar-refractivity contribution is 0.0774. The molecule has 0 saturated carbocycles. The van der Waals surface area contributed by atoms with Crippen LogP contribution in [0.5, 0.6) is 5.75 Å². The highest BCUT2D eigenvalue weighted by Gasteiger charge is 2.35. The number of nitrogens with two attached hydrogens (primary N) is 1. The Hall–Kier alpha value is -1.07. The molecule has 0 radical (unpaired) electrons. The van der Waals surface area contributed by atoms with Gasteiger partial charge in [0.15, 0.2) is 0 Å². The molecule has 1 atom stereocenters. The predicted octanol–water partition coefficient (Wildman–Crippen LogP) is 1.97. The third-order valence-electron chi connectivity index (χ3n) is 3.53. The van der Waals surface area contributed by atoms with E-state index < -0.39 is 0 Å². The molecule has 3 N–H and O–H groups in total. The van der Waals surface area contributed by atoms with Crippen LogP contribution in [0, 0.1) is 5.41 Å². The van der Waals surface area contributed by atoms with Crippen molar-refractivity contribution in [2.75, 3.05) is 19.6 Å². The van der Waals surface area contributed by atoms with E-state index in [4.69, 9.17) is 5.73 Å². The van der Waals surface area contributed by atoms with Gasteiger partial charge in [0, 0.05) is 17.6 Å².